The lowest BCUT2D eigenvalue weighted by Gasteiger charge is -2.11. The molecule has 32 heavy (non-hydrogen) atoms. The summed E-state index contributed by atoms with van der Waals surface area (Å²) >= 11 is 1.52. The second kappa shape index (κ2) is 10.7. The van der Waals surface area contributed by atoms with E-state index in [1.165, 1.54) is 11.8 Å². The minimum Gasteiger partial charge on any atom is -0.462 e. The molecule has 0 fully saturated rings. The first-order valence-electron chi connectivity index (χ1n) is 10.1. The van der Waals surface area contributed by atoms with E-state index in [1.807, 2.05) is 48.5 Å². The largest absolute Gasteiger partial charge is 0.462 e. The zero-order chi connectivity index (χ0) is 23.1. The Morgan fingerprint density at radius 2 is 1.62 bits per heavy atom. The number of ether oxygens (including phenoxy) is 2. The molecular formula is C24H24N2O5S. The van der Waals surface area contributed by atoms with Crippen LogP contribution in [-0.2, 0) is 14.3 Å². The van der Waals surface area contributed by atoms with Gasteiger partial charge in [-0.3, -0.25) is 4.79 Å². The average Bonchev–Trinajstić information content (AvgIpc) is 3.08. The summed E-state index contributed by atoms with van der Waals surface area (Å²) in [6, 6.07) is 17.2. The van der Waals surface area contributed by atoms with Crippen LogP contribution in [0.4, 0.5) is 5.69 Å². The predicted molar refractivity (Wildman–Crippen MR) is 122 cm³/mol. The molecule has 3 rings (SSSR count). The Kier molecular flexibility index (Phi) is 7.72. The van der Waals surface area contributed by atoms with Crippen molar-refractivity contribution in [2.24, 2.45) is 0 Å². The van der Waals surface area contributed by atoms with E-state index in [-0.39, 0.29) is 12.3 Å². The van der Waals surface area contributed by atoms with Crippen molar-refractivity contribution in [1.82, 2.24) is 4.98 Å². The normalized spacial score (nSPS) is 10.5. The highest BCUT2D eigenvalue weighted by atomic mass is 32.2. The minimum absolute atomic E-state index is 0.124. The van der Waals surface area contributed by atoms with Gasteiger partial charge in [0.15, 0.2) is 6.61 Å². The summed E-state index contributed by atoms with van der Waals surface area (Å²) in [4.78, 5) is 41.8. The topological polar surface area (TPSA) is 97.5 Å². The van der Waals surface area contributed by atoms with Gasteiger partial charge in [0, 0.05) is 15.5 Å². The number of aromatic amines is 1. The number of rotatable bonds is 8. The summed E-state index contributed by atoms with van der Waals surface area (Å²) in [7, 11) is 0. The Hall–Kier alpha value is -3.52. The fourth-order valence-corrected chi connectivity index (χ4v) is 4.05. The van der Waals surface area contributed by atoms with E-state index in [2.05, 4.69) is 10.3 Å². The monoisotopic (exact) mass is 452 g/mol. The molecule has 1 aromatic heterocycles. The van der Waals surface area contributed by atoms with Gasteiger partial charge in [0.05, 0.1) is 17.9 Å². The minimum atomic E-state index is -0.719. The van der Waals surface area contributed by atoms with Crippen molar-refractivity contribution < 1.29 is 23.9 Å². The lowest BCUT2D eigenvalue weighted by Crippen LogP contribution is -2.21. The molecule has 0 spiro atoms. The number of aromatic nitrogens is 1. The third-order valence-electron chi connectivity index (χ3n) is 4.59. The lowest BCUT2D eigenvalue weighted by atomic mass is 10.1. The van der Waals surface area contributed by atoms with Crippen molar-refractivity contribution in [1.29, 1.82) is 0 Å². The summed E-state index contributed by atoms with van der Waals surface area (Å²) in [5.41, 5.74) is 1.98. The summed E-state index contributed by atoms with van der Waals surface area (Å²) in [5, 5.41) is 2.78. The molecule has 0 saturated heterocycles. The van der Waals surface area contributed by atoms with Crippen LogP contribution < -0.4 is 5.32 Å². The van der Waals surface area contributed by atoms with Crippen LogP contribution in [0.5, 0.6) is 0 Å². The van der Waals surface area contributed by atoms with Crippen LogP contribution in [0, 0.1) is 13.8 Å². The Morgan fingerprint density at radius 3 is 2.34 bits per heavy atom. The Bertz CT molecular complexity index is 1120. The Balaban J connectivity index is 1.63. The number of carbonyl (C=O) groups is 3. The van der Waals surface area contributed by atoms with Crippen molar-refractivity contribution in [2.75, 3.05) is 18.5 Å². The zero-order valence-electron chi connectivity index (χ0n) is 18.1. The molecule has 2 aromatic carbocycles. The van der Waals surface area contributed by atoms with E-state index in [9.17, 15) is 14.4 Å². The number of carbonyl (C=O) groups excluding carboxylic acids is 3. The predicted octanol–water partition coefficient (Wildman–Crippen LogP) is 4.75. The maximum atomic E-state index is 12.5. The van der Waals surface area contributed by atoms with E-state index in [1.54, 1.807) is 26.8 Å². The second-order valence-corrected chi connectivity index (χ2v) is 8.00. The zero-order valence-corrected chi connectivity index (χ0v) is 18.9. The summed E-state index contributed by atoms with van der Waals surface area (Å²) in [6.07, 6.45) is 0. The molecule has 0 aliphatic rings. The van der Waals surface area contributed by atoms with Crippen molar-refractivity contribution in [3.05, 3.63) is 77.1 Å². The van der Waals surface area contributed by atoms with Crippen LogP contribution in [0.15, 0.2) is 64.4 Å². The fourth-order valence-electron chi connectivity index (χ4n) is 3.13. The first-order valence-corrected chi connectivity index (χ1v) is 10.9. The van der Waals surface area contributed by atoms with Crippen LogP contribution in [0.25, 0.3) is 0 Å². The number of esters is 2. The van der Waals surface area contributed by atoms with Crippen LogP contribution in [0.1, 0.15) is 39.0 Å². The first kappa shape index (κ1) is 23.1. The highest BCUT2D eigenvalue weighted by Crippen LogP contribution is 2.33. The molecule has 0 unspecified atom stereocenters. The highest BCUT2D eigenvalue weighted by molar-refractivity contribution is 7.99. The number of nitrogens with one attached hydrogen (secondary N) is 2. The van der Waals surface area contributed by atoms with Gasteiger partial charge in [-0.2, -0.15) is 0 Å². The van der Waals surface area contributed by atoms with Crippen LogP contribution in [-0.4, -0.2) is 36.0 Å². The Morgan fingerprint density at radius 1 is 0.938 bits per heavy atom. The molecule has 1 amide bonds. The Labute approximate surface area is 190 Å². The highest BCUT2D eigenvalue weighted by Gasteiger charge is 2.24. The van der Waals surface area contributed by atoms with E-state index in [4.69, 9.17) is 9.47 Å². The molecule has 1 heterocycles. The number of aryl methyl sites for hydroxylation is 1. The molecule has 0 aliphatic heterocycles. The van der Waals surface area contributed by atoms with Gasteiger partial charge in [-0.15, -0.1) is 0 Å². The van der Waals surface area contributed by atoms with Crippen molar-refractivity contribution in [3.8, 4) is 0 Å². The van der Waals surface area contributed by atoms with Gasteiger partial charge in [0.25, 0.3) is 5.91 Å². The molecule has 0 saturated carbocycles. The standard InChI is InChI=1S/C24H24N2O5S/c1-4-30-23(28)21-15(2)22(25-16(21)3)24(29)31-14-20(27)26-18-12-8-9-13-19(18)32-17-10-6-5-7-11-17/h5-13,25H,4,14H2,1-3H3,(H,26,27). The molecule has 0 aliphatic carbocycles. The first-order chi connectivity index (χ1) is 15.4. The molecule has 0 atom stereocenters. The third kappa shape index (κ3) is 5.59. The van der Waals surface area contributed by atoms with Gasteiger partial charge < -0.3 is 19.8 Å². The maximum absolute atomic E-state index is 12.5. The van der Waals surface area contributed by atoms with Crippen molar-refractivity contribution >= 4 is 35.3 Å². The van der Waals surface area contributed by atoms with Gasteiger partial charge in [-0.25, -0.2) is 9.59 Å². The molecule has 3 aromatic rings. The average molecular weight is 453 g/mol. The van der Waals surface area contributed by atoms with Crippen LogP contribution >= 0.6 is 11.8 Å². The molecule has 2 N–H and O–H groups in total. The summed E-state index contributed by atoms with van der Waals surface area (Å²) < 4.78 is 10.2. The number of hydrogen-bond acceptors (Lipinski definition) is 6. The summed E-state index contributed by atoms with van der Waals surface area (Å²) in [6.45, 7) is 4.77. The van der Waals surface area contributed by atoms with Gasteiger partial charge in [-0.1, -0.05) is 42.1 Å². The number of para-hydroxylation sites is 1. The smallest absolute Gasteiger partial charge is 0.355 e. The van der Waals surface area contributed by atoms with Gasteiger partial charge in [0.2, 0.25) is 0 Å². The summed E-state index contributed by atoms with van der Waals surface area (Å²) in [5.74, 6) is -1.70. The molecule has 166 valence electrons. The molecule has 0 radical (unpaired) electrons. The van der Waals surface area contributed by atoms with E-state index >= 15 is 0 Å². The van der Waals surface area contributed by atoms with E-state index in [0.717, 1.165) is 9.79 Å². The molecule has 7 nitrogen and oxygen atoms in total. The van der Waals surface area contributed by atoms with E-state index in [0.29, 0.717) is 22.5 Å². The van der Waals surface area contributed by atoms with Gasteiger partial charge in [0.1, 0.15) is 5.69 Å². The number of hydrogen-bond donors (Lipinski definition) is 2. The van der Waals surface area contributed by atoms with Gasteiger partial charge >= 0.3 is 11.9 Å². The maximum Gasteiger partial charge on any atom is 0.355 e. The quantitative estimate of drug-likeness (QED) is 0.479. The SMILES string of the molecule is CCOC(=O)c1c(C)[nH]c(C(=O)OCC(=O)Nc2ccccc2Sc2ccccc2)c1C. The lowest BCUT2D eigenvalue weighted by molar-refractivity contribution is -0.119. The van der Waals surface area contributed by atoms with Crippen molar-refractivity contribution in [3.63, 3.8) is 0 Å². The number of amides is 1. The van der Waals surface area contributed by atoms with E-state index < -0.39 is 24.5 Å². The van der Waals surface area contributed by atoms with Crippen molar-refractivity contribution in [2.45, 2.75) is 30.6 Å². The number of anilines is 1. The second-order valence-electron chi connectivity index (χ2n) is 6.88. The fraction of sp³-hybridized carbons (Fsp3) is 0.208. The van der Waals surface area contributed by atoms with Crippen LogP contribution in [0.2, 0.25) is 0 Å². The van der Waals surface area contributed by atoms with Crippen LogP contribution in [0.3, 0.4) is 0 Å². The molecule has 8 heteroatoms. The molecular weight excluding hydrogens is 428 g/mol. The molecule has 0 bridgehead atoms. The number of benzene rings is 2. The van der Waals surface area contributed by atoms with Gasteiger partial charge in [-0.05, 0) is 50.6 Å². The third-order valence-corrected chi connectivity index (χ3v) is 5.67. The number of H-pyrrole nitrogens is 1.